The van der Waals surface area contributed by atoms with E-state index < -0.39 is 0 Å². The van der Waals surface area contributed by atoms with Crippen LogP contribution in [0.5, 0.6) is 0 Å². The largest absolute Gasteiger partial charge is 0.338 e. The lowest BCUT2D eigenvalue weighted by Gasteiger charge is -2.29. The highest BCUT2D eigenvalue weighted by Crippen LogP contribution is 2.61. The Bertz CT molecular complexity index is 462. The second-order valence-corrected chi connectivity index (χ2v) is 7.73. The summed E-state index contributed by atoms with van der Waals surface area (Å²) in [5.41, 5.74) is 2.03. The molecule has 2 heteroatoms. The third-order valence-electron chi connectivity index (χ3n) is 6.06. The van der Waals surface area contributed by atoms with E-state index in [0.29, 0.717) is 23.2 Å². The summed E-state index contributed by atoms with van der Waals surface area (Å²) in [5.74, 6) is 2.24. The van der Waals surface area contributed by atoms with Crippen LogP contribution in [0.4, 0.5) is 0 Å². The Morgan fingerprint density at radius 3 is 2.81 bits per heavy atom. The molecular weight excluding hydrogens is 258 g/mol. The van der Waals surface area contributed by atoms with E-state index in [9.17, 15) is 4.79 Å². The molecule has 3 rings (SSSR count). The molecule has 2 nitrogen and oxygen atoms in total. The fraction of sp³-hybridized carbons (Fsp3) is 0.737. The Labute approximate surface area is 129 Å². The highest BCUT2D eigenvalue weighted by atomic mass is 16.2. The Hall–Kier alpha value is -1.05. The highest BCUT2D eigenvalue weighted by molar-refractivity contribution is 5.81. The summed E-state index contributed by atoms with van der Waals surface area (Å²) >= 11 is 0. The van der Waals surface area contributed by atoms with Crippen LogP contribution < -0.4 is 0 Å². The normalized spacial score (nSPS) is 35.0. The van der Waals surface area contributed by atoms with Crippen LogP contribution in [-0.4, -0.2) is 23.9 Å². The molecule has 21 heavy (non-hydrogen) atoms. The maximum absolute atomic E-state index is 12.4. The van der Waals surface area contributed by atoms with Gasteiger partial charge in [-0.25, -0.2) is 0 Å². The Balaban J connectivity index is 1.58. The van der Waals surface area contributed by atoms with Gasteiger partial charge in [0, 0.05) is 19.0 Å². The summed E-state index contributed by atoms with van der Waals surface area (Å²) in [6, 6.07) is 0. The molecule has 0 aromatic heterocycles. The predicted molar refractivity (Wildman–Crippen MR) is 86.8 cm³/mol. The molecule has 0 N–H and O–H groups in total. The van der Waals surface area contributed by atoms with Crippen LogP contribution in [0.2, 0.25) is 0 Å². The van der Waals surface area contributed by atoms with Gasteiger partial charge in [-0.1, -0.05) is 24.6 Å². The van der Waals surface area contributed by atoms with Crippen molar-refractivity contribution in [1.82, 2.24) is 4.90 Å². The number of allylic oxidation sites excluding steroid dienone is 2. The lowest BCUT2D eigenvalue weighted by molar-refractivity contribution is -0.132. The molecule has 0 bridgehead atoms. The van der Waals surface area contributed by atoms with Gasteiger partial charge < -0.3 is 4.90 Å². The van der Waals surface area contributed by atoms with E-state index >= 15 is 0 Å². The van der Waals surface area contributed by atoms with Gasteiger partial charge in [0.1, 0.15) is 0 Å². The van der Waals surface area contributed by atoms with Gasteiger partial charge in [0.25, 0.3) is 0 Å². The van der Waals surface area contributed by atoms with Crippen LogP contribution in [0.3, 0.4) is 0 Å². The zero-order chi connectivity index (χ0) is 15.0. The van der Waals surface area contributed by atoms with Gasteiger partial charge in [-0.3, -0.25) is 4.79 Å². The maximum Gasteiger partial charge on any atom is 0.225 e. The third-order valence-corrected chi connectivity index (χ3v) is 6.06. The van der Waals surface area contributed by atoms with Crippen molar-refractivity contribution in [3.05, 3.63) is 24.3 Å². The highest BCUT2D eigenvalue weighted by Gasteiger charge is 2.55. The number of amides is 1. The second-order valence-electron chi connectivity index (χ2n) is 7.73. The summed E-state index contributed by atoms with van der Waals surface area (Å²) < 4.78 is 0. The molecule has 0 aromatic rings. The van der Waals surface area contributed by atoms with Crippen molar-refractivity contribution in [3.63, 3.8) is 0 Å². The smallest absolute Gasteiger partial charge is 0.225 e. The molecule has 0 radical (unpaired) electrons. The molecule has 2 fully saturated rings. The number of carbonyl (C=O) groups excluding carboxylic acids is 1. The maximum atomic E-state index is 12.4. The molecule has 0 spiro atoms. The quantitative estimate of drug-likeness (QED) is 0.671. The van der Waals surface area contributed by atoms with E-state index in [4.69, 9.17) is 0 Å². The number of hydrogen-bond donors (Lipinski definition) is 0. The summed E-state index contributed by atoms with van der Waals surface area (Å²) in [7, 11) is 0. The minimum Gasteiger partial charge on any atom is -0.338 e. The van der Waals surface area contributed by atoms with Crippen molar-refractivity contribution in [2.24, 2.45) is 23.2 Å². The van der Waals surface area contributed by atoms with E-state index in [-0.39, 0.29) is 0 Å². The summed E-state index contributed by atoms with van der Waals surface area (Å²) in [4.78, 5) is 14.4. The summed E-state index contributed by atoms with van der Waals surface area (Å²) in [6.45, 7) is 10.2. The number of hydrogen-bond acceptors (Lipinski definition) is 1. The molecule has 116 valence electrons. The van der Waals surface area contributed by atoms with Gasteiger partial charge in [-0.2, -0.15) is 0 Å². The fourth-order valence-electron chi connectivity index (χ4n) is 4.07. The monoisotopic (exact) mass is 287 g/mol. The molecule has 1 amide bonds. The molecule has 2 saturated carbocycles. The Morgan fingerprint density at radius 1 is 1.48 bits per heavy atom. The zero-order valence-corrected chi connectivity index (χ0v) is 13.6. The summed E-state index contributed by atoms with van der Waals surface area (Å²) in [5, 5.41) is 0. The Morgan fingerprint density at radius 2 is 2.24 bits per heavy atom. The van der Waals surface area contributed by atoms with Crippen molar-refractivity contribution in [1.29, 1.82) is 0 Å². The van der Waals surface area contributed by atoms with Gasteiger partial charge in [0.15, 0.2) is 0 Å². The number of nitrogens with zero attached hydrogens (tertiary/aromatic N) is 1. The average molecular weight is 287 g/mol. The minimum absolute atomic E-state index is 0.329. The Kier molecular flexibility index (Phi) is 3.98. The van der Waals surface area contributed by atoms with Crippen LogP contribution in [0.25, 0.3) is 0 Å². The third kappa shape index (κ3) is 3.09. The first-order valence-corrected chi connectivity index (χ1v) is 8.60. The van der Waals surface area contributed by atoms with Crippen LogP contribution in [0.15, 0.2) is 24.3 Å². The van der Waals surface area contributed by atoms with Crippen LogP contribution in [-0.2, 0) is 4.79 Å². The first kappa shape index (κ1) is 14.9. The van der Waals surface area contributed by atoms with Crippen molar-refractivity contribution in [2.75, 3.05) is 13.1 Å². The molecular formula is C19H29NO. The van der Waals surface area contributed by atoms with Crippen molar-refractivity contribution in [2.45, 2.75) is 52.4 Å². The second kappa shape index (κ2) is 5.62. The van der Waals surface area contributed by atoms with Crippen LogP contribution in [0, 0.1) is 23.2 Å². The van der Waals surface area contributed by atoms with E-state index in [2.05, 4.69) is 31.4 Å². The topological polar surface area (TPSA) is 20.3 Å². The zero-order valence-electron chi connectivity index (χ0n) is 13.6. The van der Waals surface area contributed by atoms with Gasteiger partial charge >= 0.3 is 0 Å². The van der Waals surface area contributed by atoms with E-state index in [1.165, 1.54) is 25.7 Å². The molecule has 3 atom stereocenters. The number of carbonyl (C=O) groups is 1. The molecule has 3 aliphatic rings. The molecule has 0 heterocycles. The van der Waals surface area contributed by atoms with Gasteiger partial charge in [0.05, 0.1) is 0 Å². The van der Waals surface area contributed by atoms with Gasteiger partial charge in [-0.15, -0.1) is 6.58 Å². The summed E-state index contributed by atoms with van der Waals surface area (Å²) in [6.07, 6.45) is 11.7. The van der Waals surface area contributed by atoms with E-state index in [1.54, 1.807) is 5.57 Å². The average Bonchev–Trinajstić information content (AvgIpc) is 3.36. The molecule has 3 unspecified atom stereocenters. The lowest BCUT2D eigenvalue weighted by atomic mass is 9.78. The van der Waals surface area contributed by atoms with Gasteiger partial charge in [0.2, 0.25) is 5.91 Å². The molecule has 0 aromatic carbocycles. The number of rotatable bonds is 6. The van der Waals surface area contributed by atoms with Crippen LogP contribution in [0.1, 0.15) is 52.4 Å². The predicted octanol–water partition coefficient (Wildman–Crippen LogP) is 4.18. The first-order valence-electron chi connectivity index (χ1n) is 8.60. The van der Waals surface area contributed by atoms with E-state index in [1.807, 2.05) is 6.08 Å². The van der Waals surface area contributed by atoms with Crippen molar-refractivity contribution >= 4 is 5.91 Å². The van der Waals surface area contributed by atoms with Crippen molar-refractivity contribution in [3.8, 4) is 0 Å². The lowest BCUT2D eigenvalue weighted by Crippen LogP contribution is -2.35. The fourth-order valence-corrected chi connectivity index (χ4v) is 4.07. The van der Waals surface area contributed by atoms with Gasteiger partial charge in [-0.05, 0) is 62.7 Å². The molecule has 0 aliphatic heterocycles. The molecule has 0 saturated heterocycles. The SMILES string of the molecule is C=CCN(CC1CC1(C)C1CC=C(C)CC1)C(=O)C1CC1. The van der Waals surface area contributed by atoms with E-state index in [0.717, 1.165) is 31.8 Å². The minimum atomic E-state index is 0.329. The first-order chi connectivity index (χ1) is 10.0. The molecule has 3 aliphatic carbocycles. The van der Waals surface area contributed by atoms with Crippen molar-refractivity contribution < 1.29 is 4.79 Å². The standard InChI is InChI=1S/C19H29NO/c1-4-11-20(18(21)15-7-8-15)13-17-12-19(17,3)16-9-5-14(2)6-10-16/h4-5,15-17H,1,6-13H2,2-3H3. The van der Waals surface area contributed by atoms with Crippen LogP contribution >= 0.6 is 0 Å².